The molecular formula is C50H48N4O2Pt. The summed E-state index contributed by atoms with van der Waals surface area (Å²) in [6, 6.07) is 39.0. The fourth-order valence-electron chi connectivity index (χ4n) is 7.97. The number of fused-ring (bicyclic) bond motifs is 6. The number of ether oxygens (including phenoxy) is 2. The third-order valence-electron chi connectivity index (χ3n) is 11.2. The first-order valence-electron chi connectivity index (χ1n) is 19.6. The van der Waals surface area contributed by atoms with Crippen molar-refractivity contribution in [1.29, 1.82) is 0 Å². The van der Waals surface area contributed by atoms with Crippen molar-refractivity contribution in [3.8, 4) is 28.6 Å². The molecule has 0 N–H and O–H groups in total. The molecule has 0 radical (unpaired) electrons. The van der Waals surface area contributed by atoms with Crippen molar-refractivity contribution < 1.29 is 30.5 Å². The van der Waals surface area contributed by atoms with Crippen molar-refractivity contribution in [2.75, 3.05) is 0 Å². The SMILES string of the molecule is CC(C)(C)c1ccnc(-n2c3[c-]c(Oc4[c-]c(C5=N[C@@H]6c7ccc(C(C)(C)C)cc7C[C@@H]6O5)cc(-c5ccccn5)c4)ccc3c3cc(C(C)(C)C)ccc32)c1.[Pt+2]. The summed E-state index contributed by atoms with van der Waals surface area (Å²) in [5.74, 6) is 2.52. The number of hydrogen-bond donors (Lipinski definition) is 0. The van der Waals surface area contributed by atoms with Crippen molar-refractivity contribution in [2.45, 2.75) is 97.1 Å². The first-order chi connectivity index (χ1) is 26.6. The van der Waals surface area contributed by atoms with Crippen LogP contribution in [0.3, 0.4) is 0 Å². The summed E-state index contributed by atoms with van der Waals surface area (Å²) in [5.41, 5.74) is 10.8. The van der Waals surface area contributed by atoms with Crippen LogP contribution < -0.4 is 4.74 Å². The Kier molecular flexibility index (Phi) is 9.59. The van der Waals surface area contributed by atoms with E-state index in [2.05, 4.69) is 139 Å². The van der Waals surface area contributed by atoms with E-state index in [0.717, 1.165) is 50.9 Å². The third-order valence-corrected chi connectivity index (χ3v) is 11.2. The van der Waals surface area contributed by atoms with E-state index in [-0.39, 0.29) is 49.5 Å². The van der Waals surface area contributed by atoms with E-state index in [1.165, 1.54) is 27.8 Å². The molecule has 7 aromatic rings. The molecule has 0 amide bonds. The van der Waals surface area contributed by atoms with Gasteiger partial charge in [0.15, 0.2) is 0 Å². The van der Waals surface area contributed by atoms with Gasteiger partial charge in [-0.05, 0) is 79.8 Å². The fraction of sp³-hybridized carbons (Fsp3) is 0.300. The molecule has 0 unspecified atom stereocenters. The molecule has 1 aliphatic carbocycles. The van der Waals surface area contributed by atoms with E-state index in [0.29, 0.717) is 17.4 Å². The fourth-order valence-corrected chi connectivity index (χ4v) is 7.97. The van der Waals surface area contributed by atoms with Crippen LogP contribution in [0.4, 0.5) is 0 Å². The molecule has 9 rings (SSSR count). The average Bonchev–Trinajstić information content (AvgIpc) is 3.83. The van der Waals surface area contributed by atoms with E-state index in [9.17, 15) is 0 Å². The summed E-state index contributed by atoms with van der Waals surface area (Å²) < 4.78 is 15.5. The van der Waals surface area contributed by atoms with Gasteiger partial charge in [-0.25, -0.2) is 4.98 Å². The molecule has 3 aromatic heterocycles. The second kappa shape index (κ2) is 14.1. The Balaban J connectivity index is 0.00000455. The normalized spacial score (nSPS) is 16.5. The maximum atomic E-state index is 6.70. The number of hydrogen-bond acceptors (Lipinski definition) is 5. The van der Waals surface area contributed by atoms with Crippen LogP contribution in [0, 0.1) is 12.1 Å². The molecule has 2 aliphatic rings. The largest absolute Gasteiger partial charge is 2.00 e. The van der Waals surface area contributed by atoms with Gasteiger partial charge in [0.2, 0.25) is 0 Å². The Hall–Kier alpha value is -5.06. The molecule has 0 saturated carbocycles. The van der Waals surface area contributed by atoms with E-state index >= 15 is 0 Å². The zero-order valence-corrected chi connectivity index (χ0v) is 36.4. The van der Waals surface area contributed by atoms with Crippen molar-refractivity contribution in [1.82, 2.24) is 14.5 Å². The molecule has 6 nitrogen and oxygen atoms in total. The van der Waals surface area contributed by atoms with Gasteiger partial charge in [0.05, 0.1) is 5.69 Å². The van der Waals surface area contributed by atoms with Gasteiger partial charge in [-0.1, -0.05) is 127 Å². The molecule has 290 valence electrons. The predicted octanol–water partition coefficient (Wildman–Crippen LogP) is 12.0. The monoisotopic (exact) mass is 931 g/mol. The Labute approximate surface area is 350 Å². The molecule has 2 atom stereocenters. The Morgan fingerprint density at radius 1 is 0.684 bits per heavy atom. The smallest absolute Gasteiger partial charge is 0.514 e. The molecule has 0 fully saturated rings. The molecular weight excluding hydrogens is 884 g/mol. The Morgan fingerprint density at radius 3 is 2.16 bits per heavy atom. The van der Waals surface area contributed by atoms with E-state index in [4.69, 9.17) is 19.5 Å². The van der Waals surface area contributed by atoms with E-state index < -0.39 is 0 Å². The number of aliphatic imine (C=N–C) groups is 1. The van der Waals surface area contributed by atoms with Crippen LogP contribution in [-0.4, -0.2) is 26.5 Å². The number of nitrogens with zero attached hydrogens (tertiary/aromatic N) is 4. The number of benzene rings is 4. The summed E-state index contributed by atoms with van der Waals surface area (Å²) in [7, 11) is 0. The van der Waals surface area contributed by atoms with Gasteiger partial charge in [-0.2, -0.15) is 6.07 Å². The van der Waals surface area contributed by atoms with Crippen LogP contribution in [0.15, 0.2) is 108 Å². The molecule has 4 heterocycles. The number of pyridine rings is 2. The van der Waals surface area contributed by atoms with Crippen molar-refractivity contribution in [2.24, 2.45) is 4.99 Å². The Morgan fingerprint density at radius 2 is 1.42 bits per heavy atom. The van der Waals surface area contributed by atoms with Crippen LogP contribution >= 0.6 is 0 Å². The predicted molar refractivity (Wildman–Crippen MR) is 226 cm³/mol. The van der Waals surface area contributed by atoms with Gasteiger partial charge in [-0.15, -0.1) is 23.6 Å². The first kappa shape index (κ1) is 38.8. The number of rotatable bonds is 5. The van der Waals surface area contributed by atoms with Crippen LogP contribution in [0.25, 0.3) is 38.9 Å². The minimum absolute atomic E-state index is 0. The van der Waals surface area contributed by atoms with Gasteiger partial charge in [0.1, 0.15) is 23.9 Å². The molecule has 0 spiro atoms. The second-order valence-electron chi connectivity index (χ2n) is 18.4. The van der Waals surface area contributed by atoms with Gasteiger partial charge < -0.3 is 14.0 Å². The molecule has 0 bridgehead atoms. The summed E-state index contributed by atoms with van der Waals surface area (Å²) >= 11 is 0. The van der Waals surface area contributed by atoms with Gasteiger partial charge >= 0.3 is 21.1 Å². The molecule has 0 saturated heterocycles. The van der Waals surface area contributed by atoms with Gasteiger partial charge in [0.25, 0.3) is 0 Å². The van der Waals surface area contributed by atoms with E-state index in [1.54, 1.807) is 6.20 Å². The molecule has 7 heteroatoms. The Bertz CT molecular complexity index is 2690. The minimum atomic E-state index is -0.0489. The third kappa shape index (κ3) is 7.23. The topological polar surface area (TPSA) is 61.5 Å². The average molecular weight is 932 g/mol. The van der Waals surface area contributed by atoms with Crippen molar-refractivity contribution in [3.05, 3.63) is 149 Å². The first-order valence-corrected chi connectivity index (χ1v) is 19.6. The van der Waals surface area contributed by atoms with Crippen molar-refractivity contribution >= 4 is 27.7 Å². The summed E-state index contributed by atoms with van der Waals surface area (Å²) in [4.78, 5) is 14.7. The van der Waals surface area contributed by atoms with Crippen LogP contribution in [0.5, 0.6) is 11.5 Å². The van der Waals surface area contributed by atoms with Crippen molar-refractivity contribution in [3.63, 3.8) is 0 Å². The number of aromatic nitrogens is 3. The van der Waals surface area contributed by atoms with Gasteiger partial charge in [0, 0.05) is 35.8 Å². The molecule has 4 aromatic carbocycles. The van der Waals surface area contributed by atoms with Gasteiger partial charge in [-0.3, -0.25) is 9.98 Å². The summed E-state index contributed by atoms with van der Waals surface area (Å²) in [6.07, 6.45) is 4.49. The second-order valence-corrected chi connectivity index (χ2v) is 18.4. The summed E-state index contributed by atoms with van der Waals surface area (Å²) in [6.45, 7) is 20.2. The zero-order valence-electron chi connectivity index (χ0n) is 34.1. The maximum Gasteiger partial charge on any atom is 2.00 e. The maximum absolute atomic E-state index is 6.70. The van der Waals surface area contributed by atoms with E-state index in [1.807, 2.05) is 42.6 Å². The summed E-state index contributed by atoms with van der Waals surface area (Å²) in [5, 5.41) is 2.24. The molecule has 1 aliphatic heterocycles. The van der Waals surface area contributed by atoms with Crippen LogP contribution in [0.1, 0.15) is 102 Å². The van der Waals surface area contributed by atoms with Crippen LogP contribution in [0.2, 0.25) is 0 Å². The quantitative estimate of drug-likeness (QED) is 0.161. The molecule has 57 heavy (non-hydrogen) atoms. The standard InChI is InChI=1S/C50H48N4O2.Pt/c1-48(2,3)33-13-16-38-30(23-33)26-44-46(38)53-47(56-44)32-22-31(41-12-10-11-20-51-41)24-37(25-32)55-36-15-17-39-40-27-34(49(4,5)6)14-18-42(40)54(43(39)29-36)45-28-35(19-21-52-45)50(7,8)9;/h10-24,27-28,44,46H,26H2,1-9H3;/q-2;+2/t44-,46+;/m0./s1. The van der Waals surface area contributed by atoms with Crippen LogP contribution in [-0.2, 0) is 48.5 Å². The minimum Gasteiger partial charge on any atom is -0.514 e. The zero-order chi connectivity index (χ0) is 39.1.